The molecule has 1 N–H and O–H groups in total. The molecule has 0 radical (unpaired) electrons. The molecule has 0 atom stereocenters. The molecule has 4 nitrogen and oxygen atoms in total. The molecular weight excluding hydrogens is 384 g/mol. The average Bonchev–Trinajstić information content (AvgIpc) is 3.55. The van der Waals surface area contributed by atoms with Crippen molar-refractivity contribution in [2.75, 3.05) is 0 Å². The van der Waals surface area contributed by atoms with E-state index in [0.29, 0.717) is 23.4 Å². The number of hydrogen-bond acceptors (Lipinski definition) is 3. The zero-order valence-corrected chi connectivity index (χ0v) is 17.5. The first-order valence-corrected chi connectivity index (χ1v) is 11.4. The fourth-order valence-electron chi connectivity index (χ4n) is 5.52. The van der Waals surface area contributed by atoms with Crippen LogP contribution in [0.15, 0.2) is 61.1 Å². The summed E-state index contributed by atoms with van der Waals surface area (Å²) in [5.41, 5.74) is 4.38. The maximum absolute atomic E-state index is 13.7. The number of nitrogens with zero attached hydrogens (tertiary/aromatic N) is 2. The lowest BCUT2D eigenvalue weighted by Gasteiger charge is -2.29. The summed E-state index contributed by atoms with van der Waals surface area (Å²) in [6, 6.07) is 16.2. The van der Waals surface area contributed by atoms with Gasteiger partial charge in [-0.15, -0.1) is 0 Å². The van der Waals surface area contributed by atoms with E-state index in [-0.39, 0.29) is 5.92 Å². The van der Waals surface area contributed by atoms with Gasteiger partial charge in [0, 0.05) is 11.3 Å². The molecular formula is C27H26N2O2. The van der Waals surface area contributed by atoms with E-state index in [9.17, 15) is 9.90 Å². The molecule has 0 amide bonds. The fourth-order valence-corrected chi connectivity index (χ4v) is 5.52. The quantitative estimate of drug-likeness (QED) is 0.406. The summed E-state index contributed by atoms with van der Waals surface area (Å²) in [5.74, 6) is 1.67. The van der Waals surface area contributed by atoms with Crippen LogP contribution in [0.4, 0.5) is 0 Å². The minimum absolute atomic E-state index is 0.0742. The van der Waals surface area contributed by atoms with Gasteiger partial charge in [0.1, 0.15) is 5.75 Å². The summed E-state index contributed by atoms with van der Waals surface area (Å²) in [7, 11) is 0. The summed E-state index contributed by atoms with van der Waals surface area (Å²) < 4.78 is 2.01. The van der Waals surface area contributed by atoms with Crippen LogP contribution in [-0.4, -0.2) is 20.3 Å². The molecule has 4 heteroatoms. The van der Waals surface area contributed by atoms with Crippen LogP contribution in [0, 0.1) is 5.92 Å². The van der Waals surface area contributed by atoms with Gasteiger partial charge in [0.25, 0.3) is 0 Å². The number of aromatic nitrogens is 2. The van der Waals surface area contributed by atoms with Crippen LogP contribution >= 0.6 is 0 Å². The van der Waals surface area contributed by atoms with E-state index in [2.05, 4.69) is 29.2 Å². The highest BCUT2D eigenvalue weighted by Gasteiger charge is 2.34. The number of fused-ring (bicyclic) bond motifs is 2. The predicted molar refractivity (Wildman–Crippen MR) is 122 cm³/mol. The van der Waals surface area contributed by atoms with E-state index < -0.39 is 0 Å². The Kier molecular flexibility index (Phi) is 4.34. The third kappa shape index (κ3) is 3.13. The zero-order valence-electron chi connectivity index (χ0n) is 17.5. The van der Waals surface area contributed by atoms with E-state index in [4.69, 9.17) is 0 Å². The first-order valence-electron chi connectivity index (χ1n) is 11.4. The topological polar surface area (TPSA) is 54.6 Å². The largest absolute Gasteiger partial charge is 0.507 e. The highest BCUT2D eigenvalue weighted by molar-refractivity contribution is 5.99. The van der Waals surface area contributed by atoms with Crippen molar-refractivity contribution in [1.82, 2.24) is 9.38 Å². The summed E-state index contributed by atoms with van der Waals surface area (Å²) in [6.07, 6.45) is 9.82. The summed E-state index contributed by atoms with van der Waals surface area (Å²) in [5, 5.41) is 12.3. The Morgan fingerprint density at radius 3 is 2.29 bits per heavy atom. The lowest BCUT2D eigenvalue weighted by Crippen LogP contribution is -2.24. The number of phenolic OH excluding ortho intramolecular Hbond substituents is 1. The summed E-state index contributed by atoms with van der Waals surface area (Å²) in [6.45, 7) is 0. The standard InChI is InChI=1S/C27H26N2O2/c30-25-14-13-21(23-3-1-2-4-24(23)25)17-7-9-19(10-8-17)27(31)26-22(18-5-6-18)12-11-20-15-28-16-29(20)26/h1-4,11-19,30H,5-10H2. The monoisotopic (exact) mass is 410 g/mol. The number of aromatic hydroxyl groups is 1. The van der Waals surface area contributed by atoms with E-state index in [1.165, 1.54) is 24.0 Å². The van der Waals surface area contributed by atoms with Crippen LogP contribution < -0.4 is 0 Å². The Morgan fingerprint density at radius 2 is 1.52 bits per heavy atom. The first kappa shape index (κ1) is 18.6. The van der Waals surface area contributed by atoms with Gasteiger partial charge in [-0.25, -0.2) is 4.98 Å². The van der Waals surface area contributed by atoms with Gasteiger partial charge in [-0.3, -0.25) is 9.20 Å². The van der Waals surface area contributed by atoms with E-state index in [0.717, 1.165) is 47.7 Å². The number of ketones is 1. The highest BCUT2D eigenvalue weighted by atomic mass is 16.3. The summed E-state index contributed by atoms with van der Waals surface area (Å²) >= 11 is 0. The Bertz CT molecular complexity index is 1290. The number of Topliss-reactive ketones (excluding diaryl/α,β-unsaturated/α-hetero) is 1. The van der Waals surface area contributed by atoms with E-state index in [1.54, 1.807) is 6.33 Å². The zero-order chi connectivity index (χ0) is 20.9. The van der Waals surface area contributed by atoms with Crippen molar-refractivity contribution >= 4 is 22.1 Å². The molecule has 0 spiro atoms. The third-order valence-electron chi connectivity index (χ3n) is 7.34. The van der Waals surface area contributed by atoms with E-state index >= 15 is 0 Å². The van der Waals surface area contributed by atoms with Crippen LogP contribution in [0.2, 0.25) is 0 Å². The van der Waals surface area contributed by atoms with Gasteiger partial charge in [0.05, 0.1) is 23.7 Å². The van der Waals surface area contributed by atoms with Gasteiger partial charge >= 0.3 is 0 Å². The van der Waals surface area contributed by atoms with Crippen molar-refractivity contribution in [2.45, 2.75) is 50.4 Å². The van der Waals surface area contributed by atoms with Crippen molar-refractivity contribution in [3.05, 3.63) is 77.9 Å². The molecule has 156 valence electrons. The van der Waals surface area contributed by atoms with Crippen molar-refractivity contribution < 1.29 is 9.90 Å². The molecule has 2 heterocycles. The highest BCUT2D eigenvalue weighted by Crippen LogP contribution is 2.44. The number of hydrogen-bond donors (Lipinski definition) is 1. The van der Waals surface area contributed by atoms with Gasteiger partial charge in [-0.2, -0.15) is 0 Å². The minimum Gasteiger partial charge on any atom is -0.507 e. The second-order valence-electron chi connectivity index (χ2n) is 9.23. The maximum Gasteiger partial charge on any atom is 0.182 e. The second kappa shape index (κ2) is 7.23. The average molecular weight is 411 g/mol. The summed E-state index contributed by atoms with van der Waals surface area (Å²) in [4.78, 5) is 18.0. The number of pyridine rings is 1. The molecule has 6 rings (SSSR count). The number of rotatable bonds is 4. The fraction of sp³-hybridized carbons (Fsp3) is 0.333. The van der Waals surface area contributed by atoms with Crippen LogP contribution in [0.25, 0.3) is 16.3 Å². The molecule has 2 aromatic carbocycles. The molecule has 2 aliphatic carbocycles. The van der Waals surface area contributed by atoms with Crippen molar-refractivity contribution in [3.63, 3.8) is 0 Å². The molecule has 2 aliphatic rings. The molecule has 0 aliphatic heterocycles. The van der Waals surface area contributed by atoms with E-state index in [1.807, 2.05) is 34.9 Å². The van der Waals surface area contributed by atoms with Crippen molar-refractivity contribution in [3.8, 4) is 5.75 Å². The number of imidazole rings is 1. The Balaban J connectivity index is 1.28. The van der Waals surface area contributed by atoms with Gasteiger partial charge in [0.2, 0.25) is 0 Å². The molecule has 0 unspecified atom stereocenters. The Morgan fingerprint density at radius 1 is 0.839 bits per heavy atom. The molecule has 2 saturated carbocycles. The lowest BCUT2D eigenvalue weighted by molar-refractivity contribution is 0.0876. The van der Waals surface area contributed by atoms with Crippen LogP contribution in [0.1, 0.15) is 72.0 Å². The SMILES string of the molecule is O=C(c1c(C2CC2)ccc2cncn12)C1CCC(c2ccc(O)c3ccccc23)CC1. The van der Waals surface area contributed by atoms with Crippen LogP contribution in [0.5, 0.6) is 5.75 Å². The molecule has 0 bridgehead atoms. The molecule has 31 heavy (non-hydrogen) atoms. The Labute approximate surface area is 181 Å². The predicted octanol–water partition coefficient (Wildman–Crippen LogP) is 6.23. The normalized spacial score (nSPS) is 21.5. The maximum atomic E-state index is 13.7. The number of carbonyl (C=O) groups excluding carboxylic acids is 1. The van der Waals surface area contributed by atoms with Crippen LogP contribution in [0.3, 0.4) is 0 Å². The van der Waals surface area contributed by atoms with Gasteiger partial charge in [-0.05, 0) is 79.0 Å². The third-order valence-corrected chi connectivity index (χ3v) is 7.34. The minimum atomic E-state index is 0.0742. The van der Waals surface area contributed by atoms with Crippen molar-refractivity contribution in [1.29, 1.82) is 0 Å². The van der Waals surface area contributed by atoms with Gasteiger partial charge < -0.3 is 5.11 Å². The van der Waals surface area contributed by atoms with Crippen LogP contribution in [-0.2, 0) is 0 Å². The first-order chi connectivity index (χ1) is 15.2. The van der Waals surface area contributed by atoms with Gasteiger partial charge in [-0.1, -0.05) is 36.4 Å². The molecule has 4 aromatic rings. The number of carbonyl (C=O) groups is 1. The van der Waals surface area contributed by atoms with Crippen molar-refractivity contribution in [2.24, 2.45) is 5.92 Å². The Hall–Kier alpha value is -3.14. The number of benzene rings is 2. The molecule has 0 saturated heterocycles. The molecule has 2 aromatic heterocycles. The lowest BCUT2D eigenvalue weighted by atomic mass is 9.75. The number of phenols is 1. The molecule has 2 fully saturated rings. The second-order valence-corrected chi connectivity index (χ2v) is 9.23. The van der Waals surface area contributed by atoms with Gasteiger partial charge in [0.15, 0.2) is 5.78 Å². The smallest absolute Gasteiger partial charge is 0.182 e.